The highest BCUT2D eigenvalue weighted by atomic mass is 16.1. The predicted molar refractivity (Wildman–Crippen MR) is 68.5 cm³/mol. The molecule has 0 aliphatic heterocycles. The van der Waals surface area contributed by atoms with E-state index in [9.17, 15) is 4.79 Å². The molecule has 0 saturated carbocycles. The number of carbonyl (C=O) groups is 1. The van der Waals surface area contributed by atoms with E-state index >= 15 is 0 Å². The second kappa shape index (κ2) is 5.03. The predicted octanol–water partition coefficient (Wildman–Crippen LogP) is 1.89. The van der Waals surface area contributed by atoms with E-state index in [1.165, 1.54) is 0 Å². The number of nitrogens with zero attached hydrogens (tertiary/aromatic N) is 3. The van der Waals surface area contributed by atoms with Crippen molar-refractivity contribution in [2.24, 2.45) is 0 Å². The van der Waals surface area contributed by atoms with Gasteiger partial charge in [-0.2, -0.15) is 10.2 Å². The van der Waals surface area contributed by atoms with Gasteiger partial charge in [-0.1, -0.05) is 6.92 Å². The molecular formula is C12H17N5O. The minimum atomic E-state index is -0.145. The van der Waals surface area contributed by atoms with Crippen molar-refractivity contribution in [3.63, 3.8) is 0 Å². The smallest absolute Gasteiger partial charge is 0.259 e. The Kier molecular flexibility index (Phi) is 3.45. The van der Waals surface area contributed by atoms with Crippen LogP contribution in [0, 0.1) is 13.8 Å². The zero-order valence-electron chi connectivity index (χ0n) is 10.8. The lowest BCUT2D eigenvalue weighted by Gasteiger charge is -2.04. The Labute approximate surface area is 105 Å². The van der Waals surface area contributed by atoms with Gasteiger partial charge in [0, 0.05) is 18.4 Å². The quantitative estimate of drug-likeness (QED) is 0.866. The number of nitrogens with one attached hydrogen (secondary N) is 2. The third kappa shape index (κ3) is 2.27. The van der Waals surface area contributed by atoms with Crippen LogP contribution in [-0.2, 0) is 6.54 Å². The van der Waals surface area contributed by atoms with Crippen LogP contribution in [0.4, 0.5) is 5.69 Å². The van der Waals surface area contributed by atoms with Crippen LogP contribution >= 0.6 is 0 Å². The highest BCUT2D eigenvalue weighted by molar-refractivity contribution is 6.05. The highest BCUT2D eigenvalue weighted by Crippen LogP contribution is 2.15. The molecule has 2 N–H and O–H groups in total. The van der Waals surface area contributed by atoms with Gasteiger partial charge >= 0.3 is 0 Å². The van der Waals surface area contributed by atoms with Crippen molar-refractivity contribution in [1.82, 2.24) is 20.0 Å². The Balaban J connectivity index is 2.24. The summed E-state index contributed by atoms with van der Waals surface area (Å²) in [6.45, 7) is 6.68. The Morgan fingerprint density at radius 3 is 2.89 bits per heavy atom. The van der Waals surface area contributed by atoms with Crippen molar-refractivity contribution >= 4 is 11.6 Å². The maximum Gasteiger partial charge on any atom is 0.259 e. The largest absolute Gasteiger partial charge is 0.319 e. The van der Waals surface area contributed by atoms with Gasteiger partial charge in [0.1, 0.15) is 0 Å². The van der Waals surface area contributed by atoms with Gasteiger partial charge in [0.2, 0.25) is 0 Å². The van der Waals surface area contributed by atoms with Crippen molar-refractivity contribution in [2.75, 3.05) is 5.32 Å². The molecule has 2 aromatic rings. The Morgan fingerprint density at radius 2 is 2.28 bits per heavy atom. The molecule has 2 aromatic heterocycles. The molecule has 6 nitrogen and oxygen atoms in total. The molecule has 6 heteroatoms. The molecule has 0 saturated heterocycles. The van der Waals surface area contributed by atoms with E-state index in [-0.39, 0.29) is 5.91 Å². The summed E-state index contributed by atoms with van der Waals surface area (Å²) >= 11 is 0. The lowest BCUT2D eigenvalue weighted by atomic mass is 10.2. The van der Waals surface area contributed by atoms with Crippen molar-refractivity contribution in [3.8, 4) is 0 Å². The minimum Gasteiger partial charge on any atom is -0.319 e. The minimum absolute atomic E-state index is 0.145. The van der Waals surface area contributed by atoms with E-state index in [1.54, 1.807) is 12.4 Å². The maximum absolute atomic E-state index is 12.2. The first-order chi connectivity index (χ1) is 8.63. The fourth-order valence-corrected chi connectivity index (χ4v) is 1.97. The Hall–Kier alpha value is -2.11. The fourth-order valence-electron chi connectivity index (χ4n) is 1.97. The first-order valence-corrected chi connectivity index (χ1v) is 5.97. The van der Waals surface area contributed by atoms with Crippen molar-refractivity contribution in [3.05, 3.63) is 29.3 Å². The zero-order chi connectivity index (χ0) is 13.1. The molecule has 2 rings (SSSR count). The summed E-state index contributed by atoms with van der Waals surface area (Å²) in [5.74, 6) is -0.145. The van der Waals surface area contributed by atoms with E-state index < -0.39 is 0 Å². The number of hydrogen-bond donors (Lipinski definition) is 2. The number of anilines is 1. The molecule has 1 amide bonds. The van der Waals surface area contributed by atoms with Crippen LogP contribution in [0.2, 0.25) is 0 Å². The molecular weight excluding hydrogens is 230 g/mol. The first kappa shape index (κ1) is 12.3. The van der Waals surface area contributed by atoms with Crippen LogP contribution in [0.5, 0.6) is 0 Å². The number of hydrogen-bond acceptors (Lipinski definition) is 3. The Morgan fingerprint density at radius 1 is 1.50 bits per heavy atom. The summed E-state index contributed by atoms with van der Waals surface area (Å²) in [4.78, 5) is 12.2. The van der Waals surface area contributed by atoms with Crippen molar-refractivity contribution in [1.29, 1.82) is 0 Å². The van der Waals surface area contributed by atoms with Crippen molar-refractivity contribution < 1.29 is 4.79 Å². The van der Waals surface area contributed by atoms with Gasteiger partial charge in [-0.25, -0.2) is 0 Å². The third-order valence-electron chi connectivity index (χ3n) is 2.80. The van der Waals surface area contributed by atoms with Crippen molar-refractivity contribution in [2.45, 2.75) is 33.7 Å². The lowest BCUT2D eigenvalue weighted by Crippen LogP contribution is -2.13. The van der Waals surface area contributed by atoms with E-state index in [2.05, 4.69) is 27.5 Å². The topological polar surface area (TPSA) is 75.6 Å². The summed E-state index contributed by atoms with van der Waals surface area (Å²) in [6.07, 6.45) is 4.20. The van der Waals surface area contributed by atoms with Gasteiger partial charge in [0.25, 0.3) is 5.91 Å². The number of aromatic amines is 1. The number of aromatic nitrogens is 4. The summed E-state index contributed by atoms with van der Waals surface area (Å²) in [7, 11) is 0. The van der Waals surface area contributed by atoms with Gasteiger partial charge < -0.3 is 5.32 Å². The van der Waals surface area contributed by atoms with E-state index in [0.29, 0.717) is 11.3 Å². The number of H-pyrrole nitrogens is 1. The molecule has 2 heterocycles. The zero-order valence-corrected chi connectivity index (χ0v) is 10.8. The molecule has 0 aliphatic carbocycles. The first-order valence-electron chi connectivity index (χ1n) is 5.97. The van der Waals surface area contributed by atoms with E-state index in [4.69, 9.17) is 0 Å². The van der Waals surface area contributed by atoms with Crippen LogP contribution < -0.4 is 5.32 Å². The summed E-state index contributed by atoms with van der Waals surface area (Å²) in [5, 5.41) is 13.6. The highest BCUT2D eigenvalue weighted by Gasteiger charge is 2.18. The molecule has 0 aromatic carbocycles. The van der Waals surface area contributed by atoms with Gasteiger partial charge in [0.15, 0.2) is 0 Å². The van der Waals surface area contributed by atoms with Crippen LogP contribution in [0.15, 0.2) is 12.4 Å². The molecule has 0 atom stereocenters. The van der Waals surface area contributed by atoms with Crippen LogP contribution in [0.3, 0.4) is 0 Å². The van der Waals surface area contributed by atoms with E-state index in [1.807, 2.05) is 18.5 Å². The summed E-state index contributed by atoms with van der Waals surface area (Å²) < 4.78 is 1.87. The number of carbonyl (C=O) groups excluding carboxylic acids is 1. The normalized spacial score (nSPS) is 10.6. The van der Waals surface area contributed by atoms with Crippen LogP contribution in [0.25, 0.3) is 0 Å². The van der Waals surface area contributed by atoms with Gasteiger partial charge in [-0.3, -0.25) is 14.6 Å². The Bertz CT molecular complexity index is 541. The second-order valence-corrected chi connectivity index (χ2v) is 4.21. The van der Waals surface area contributed by atoms with Crippen LogP contribution in [-0.4, -0.2) is 25.9 Å². The molecule has 0 fully saturated rings. The standard InChI is InChI=1S/C12H17N5O/c1-4-5-17-9(3)11(8(2)16-17)12(18)15-10-6-13-14-7-10/h6-7H,4-5H2,1-3H3,(H,13,14)(H,15,18). The van der Waals surface area contributed by atoms with Gasteiger partial charge in [0.05, 0.1) is 23.1 Å². The molecule has 0 bridgehead atoms. The average molecular weight is 247 g/mol. The molecule has 0 aliphatic rings. The number of aryl methyl sites for hydroxylation is 2. The number of rotatable bonds is 4. The van der Waals surface area contributed by atoms with Crippen LogP contribution in [0.1, 0.15) is 35.1 Å². The molecule has 0 unspecified atom stereocenters. The fraction of sp³-hybridized carbons (Fsp3) is 0.417. The molecule has 0 radical (unpaired) electrons. The SMILES string of the molecule is CCCn1nc(C)c(C(=O)Nc2cn[nH]c2)c1C. The van der Waals surface area contributed by atoms with Gasteiger partial charge in [-0.05, 0) is 20.3 Å². The summed E-state index contributed by atoms with van der Waals surface area (Å²) in [5.41, 5.74) is 2.95. The lowest BCUT2D eigenvalue weighted by molar-refractivity contribution is 0.102. The maximum atomic E-state index is 12.2. The van der Waals surface area contributed by atoms with Gasteiger partial charge in [-0.15, -0.1) is 0 Å². The second-order valence-electron chi connectivity index (χ2n) is 4.21. The molecule has 18 heavy (non-hydrogen) atoms. The molecule has 0 spiro atoms. The molecule has 96 valence electrons. The van der Waals surface area contributed by atoms with E-state index in [0.717, 1.165) is 24.4 Å². The average Bonchev–Trinajstić information content (AvgIpc) is 2.89. The monoisotopic (exact) mass is 247 g/mol. The third-order valence-corrected chi connectivity index (χ3v) is 2.80. The summed E-state index contributed by atoms with van der Waals surface area (Å²) in [6, 6.07) is 0. The number of amides is 1.